The highest BCUT2D eigenvalue weighted by Crippen LogP contribution is 2.42. The van der Waals surface area contributed by atoms with Crippen LogP contribution >= 0.6 is 0 Å². The topological polar surface area (TPSA) is 161 Å². The number of alkyl halides is 5. The molecule has 3 fully saturated rings. The van der Waals surface area contributed by atoms with Gasteiger partial charge in [0, 0.05) is 51.4 Å². The van der Waals surface area contributed by atoms with Gasteiger partial charge in [-0.15, -0.1) is 0 Å². The van der Waals surface area contributed by atoms with Gasteiger partial charge in [0.1, 0.15) is 0 Å². The largest absolute Gasteiger partial charge is 0.403 e. The van der Waals surface area contributed by atoms with Gasteiger partial charge in [0.2, 0.25) is 17.8 Å². The van der Waals surface area contributed by atoms with Gasteiger partial charge >= 0.3 is 6.18 Å². The minimum absolute atomic E-state index is 0.0576. The third-order valence-electron chi connectivity index (χ3n) is 8.35. The quantitative estimate of drug-likeness (QED) is 0.0477. The number of nitrogens with two attached hydrogens (primary N) is 2. The Morgan fingerprint density at radius 3 is 2.22 bits per heavy atom. The number of nitrogens with one attached hydrogen (secondary N) is 4. The number of rotatable bonds is 10. The van der Waals surface area contributed by atoms with Crippen LogP contribution < -0.4 is 22.2 Å². The molecule has 3 aliphatic rings. The molecule has 1 aromatic heterocycles. The summed E-state index contributed by atoms with van der Waals surface area (Å²) in [6.07, 6.45) is 8.05. The van der Waals surface area contributed by atoms with Gasteiger partial charge in [-0.1, -0.05) is 39.7 Å². The lowest BCUT2D eigenvalue weighted by Gasteiger charge is -2.35. The van der Waals surface area contributed by atoms with Gasteiger partial charge in [0.05, 0.1) is 40.8 Å². The second-order valence-corrected chi connectivity index (χ2v) is 12.3. The third kappa shape index (κ3) is 16.6. The first-order chi connectivity index (χ1) is 23.0. The fraction of sp³-hybridized carbons (Fsp3) is 0.706. The Bertz CT molecular complexity index is 1200. The number of carbonyl (C=O) groups is 1. The Kier molecular flexibility index (Phi) is 19.2. The number of likely N-dealkylation sites (N-methyl/N-ethyl adjacent to an activating group) is 1. The van der Waals surface area contributed by atoms with E-state index < -0.39 is 12.1 Å². The second kappa shape index (κ2) is 21.6. The molecule has 0 aromatic carbocycles. The minimum atomic E-state index is -4.00. The molecule has 1 aliphatic heterocycles. The summed E-state index contributed by atoms with van der Waals surface area (Å²) in [5.74, 6) is 4.26. The molecule has 10 nitrogen and oxygen atoms in total. The zero-order valence-electron chi connectivity index (χ0n) is 29.8. The van der Waals surface area contributed by atoms with Crippen LogP contribution in [0.1, 0.15) is 123 Å². The molecule has 15 heteroatoms. The maximum atomic E-state index is 13.9. The van der Waals surface area contributed by atoms with Crippen molar-refractivity contribution < 1.29 is 26.7 Å². The number of hydrogen-bond donors (Lipinski definition) is 6. The Balaban J connectivity index is 0.000000716. The average Bonchev–Trinajstić information content (AvgIpc) is 3.52. The van der Waals surface area contributed by atoms with Crippen molar-refractivity contribution in [2.75, 3.05) is 13.1 Å². The third-order valence-corrected chi connectivity index (χ3v) is 8.35. The summed E-state index contributed by atoms with van der Waals surface area (Å²) in [6, 6.07) is -0.338. The molecule has 8 N–H and O–H groups in total. The maximum Gasteiger partial charge on any atom is 0.386 e. The van der Waals surface area contributed by atoms with Crippen molar-refractivity contribution in [3.63, 3.8) is 0 Å². The number of hydrogen-bond acceptors (Lipinski definition) is 8. The van der Waals surface area contributed by atoms with Crippen LogP contribution in [-0.2, 0) is 4.79 Å². The molecule has 1 atom stereocenters. The molecule has 0 bridgehead atoms. The first-order valence-corrected chi connectivity index (χ1v) is 17.3. The SMILES string of the molecule is C=C(NC(c1cnc(/N=C(\C(C)=N)C2CCCCC2)[nH]1)C1CCC(F)(F)CC1)/C(=C/N)N(N)CC.CC.CC(F)(F)F.O=C1CCCCN1. The van der Waals surface area contributed by atoms with Crippen molar-refractivity contribution in [3.05, 3.63) is 36.1 Å². The first kappa shape index (κ1) is 43.5. The smallest absolute Gasteiger partial charge is 0.386 e. The molecule has 1 aromatic rings. The lowest BCUT2D eigenvalue weighted by molar-refractivity contribution is -0.122. The second-order valence-electron chi connectivity index (χ2n) is 12.3. The number of piperidine rings is 1. The molecule has 1 amide bonds. The monoisotopic (exact) mass is 703 g/mol. The number of amides is 1. The molecule has 0 spiro atoms. The Morgan fingerprint density at radius 2 is 1.78 bits per heavy atom. The van der Waals surface area contributed by atoms with Crippen LogP contribution in [0.5, 0.6) is 0 Å². The van der Waals surface area contributed by atoms with Gasteiger partial charge in [0.25, 0.3) is 0 Å². The zero-order valence-corrected chi connectivity index (χ0v) is 29.8. The van der Waals surface area contributed by atoms with Crippen LogP contribution in [0.2, 0.25) is 0 Å². The average molecular weight is 704 g/mol. The fourth-order valence-corrected chi connectivity index (χ4v) is 5.88. The number of imidazole rings is 1. The van der Waals surface area contributed by atoms with Gasteiger partial charge < -0.3 is 31.8 Å². The number of hydrazine groups is 1. The van der Waals surface area contributed by atoms with Crippen molar-refractivity contribution in [2.45, 2.75) is 130 Å². The van der Waals surface area contributed by atoms with Crippen LogP contribution in [0.4, 0.5) is 27.9 Å². The predicted octanol–water partition coefficient (Wildman–Crippen LogP) is 7.95. The van der Waals surface area contributed by atoms with E-state index >= 15 is 0 Å². The van der Waals surface area contributed by atoms with Crippen LogP contribution in [0.3, 0.4) is 0 Å². The first-order valence-electron chi connectivity index (χ1n) is 17.3. The van der Waals surface area contributed by atoms with E-state index in [0.717, 1.165) is 62.9 Å². The van der Waals surface area contributed by atoms with Gasteiger partial charge in [-0.25, -0.2) is 24.6 Å². The number of H-pyrrole nitrogens is 1. The van der Waals surface area contributed by atoms with Gasteiger partial charge in [0.15, 0.2) is 0 Å². The molecule has 1 unspecified atom stereocenters. The molecule has 2 saturated carbocycles. The van der Waals surface area contributed by atoms with E-state index in [1.54, 1.807) is 13.1 Å². The van der Waals surface area contributed by atoms with E-state index in [0.29, 0.717) is 42.4 Å². The Labute approximate surface area is 288 Å². The molecule has 1 saturated heterocycles. The Morgan fingerprint density at radius 1 is 1.18 bits per heavy atom. The lowest BCUT2D eigenvalue weighted by atomic mass is 9.81. The van der Waals surface area contributed by atoms with E-state index in [4.69, 9.17) is 22.0 Å². The van der Waals surface area contributed by atoms with E-state index in [2.05, 4.69) is 27.2 Å². The van der Waals surface area contributed by atoms with Crippen LogP contribution in [-0.4, -0.2) is 57.5 Å². The normalized spacial score (nSPS) is 19.4. The standard InChI is InChI=1S/C25H40F2N8.C5H9NO.C2H3F3.C2H6/c1-4-35(30)21(14-28)17(3)32-23(19-10-12-25(26,27)13-11-19)20-15-31-24(33-20)34-22(16(2)29)18-8-6-5-7-9-18;7-5-3-1-2-4-6-5;1-2(3,4)5;1-2/h14-15,18-19,23,29,32H,3-13,28,30H2,1-2H3,(H,31,33);1-4H2,(H,6,7);1H3;1-2H3/b21-14-,29-16?,34-22+;;;. The summed E-state index contributed by atoms with van der Waals surface area (Å²) in [5.41, 5.74) is 8.80. The molecule has 2 aliphatic carbocycles. The summed E-state index contributed by atoms with van der Waals surface area (Å²) in [5, 5.41) is 15.8. The van der Waals surface area contributed by atoms with Crippen molar-refractivity contribution >= 4 is 23.3 Å². The van der Waals surface area contributed by atoms with Crippen molar-refractivity contribution in [1.29, 1.82) is 5.41 Å². The minimum Gasteiger partial charge on any atom is -0.403 e. The molecular weight excluding hydrogens is 645 g/mol. The number of nitrogens with zero attached hydrogens (tertiary/aromatic N) is 3. The highest BCUT2D eigenvalue weighted by molar-refractivity contribution is 6.41. The summed E-state index contributed by atoms with van der Waals surface area (Å²) in [6.45, 7) is 13.4. The molecular formula is C34H58F5N9O. The molecule has 0 radical (unpaired) electrons. The van der Waals surface area contributed by atoms with Crippen LogP contribution in [0, 0.1) is 17.2 Å². The van der Waals surface area contributed by atoms with E-state index in [1.807, 2.05) is 20.8 Å². The summed E-state index contributed by atoms with van der Waals surface area (Å²) >= 11 is 0. The summed E-state index contributed by atoms with van der Waals surface area (Å²) < 4.78 is 58.9. The van der Waals surface area contributed by atoms with Crippen molar-refractivity contribution in [1.82, 2.24) is 25.6 Å². The number of aliphatic imine (C=N–C) groups is 1. The number of aromatic nitrogens is 2. The van der Waals surface area contributed by atoms with Gasteiger partial charge in [-0.2, -0.15) is 13.2 Å². The van der Waals surface area contributed by atoms with Gasteiger partial charge in [-0.3, -0.25) is 4.79 Å². The number of carbonyl (C=O) groups excluding carboxylic acids is 1. The van der Waals surface area contributed by atoms with Crippen molar-refractivity contribution in [3.8, 4) is 0 Å². The zero-order chi connectivity index (χ0) is 37.2. The summed E-state index contributed by atoms with van der Waals surface area (Å²) in [4.78, 5) is 22.8. The predicted molar refractivity (Wildman–Crippen MR) is 186 cm³/mol. The van der Waals surface area contributed by atoms with Gasteiger partial charge in [-0.05, 0) is 58.3 Å². The van der Waals surface area contributed by atoms with E-state index in [1.165, 1.54) is 17.6 Å². The molecule has 280 valence electrons. The van der Waals surface area contributed by atoms with E-state index in [-0.39, 0.29) is 43.6 Å². The molecule has 49 heavy (non-hydrogen) atoms. The highest BCUT2D eigenvalue weighted by atomic mass is 19.4. The van der Waals surface area contributed by atoms with E-state index in [9.17, 15) is 26.7 Å². The fourth-order valence-electron chi connectivity index (χ4n) is 5.88. The number of aromatic amines is 1. The van der Waals surface area contributed by atoms with Crippen LogP contribution in [0.25, 0.3) is 0 Å². The summed E-state index contributed by atoms with van der Waals surface area (Å²) in [7, 11) is 0. The number of halogens is 5. The van der Waals surface area contributed by atoms with Crippen molar-refractivity contribution in [2.24, 2.45) is 28.4 Å². The molecule has 2 heterocycles. The van der Waals surface area contributed by atoms with Crippen LogP contribution in [0.15, 0.2) is 35.4 Å². The molecule has 4 rings (SSSR count). The highest BCUT2D eigenvalue weighted by Gasteiger charge is 2.39. The Hall–Kier alpha value is -3.49. The lowest BCUT2D eigenvalue weighted by Crippen LogP contribution is -2.38. The maximum absolute atomic E-state index is 13.9.